The van der Waals surface area contributed by atoms with Gasteiger partial charge in [-0.2, -0.15) is 0 Å². The molecule has 5 heteroatoms. The van der Waals surface area contributed by atoms with Crippen LogP contribution in [0.2, 0.25) is 0 Å². The summed E-state index contributed by atoms with van der Waals surface area (Å²) in [7, 11) is 4.80. The van der Waals surface area contributed by atoms with Crippen molar-refractivity contribution in [3.8, 4) is 17.2 Å². The lowest BCUT2D eigenvalue weighted by molar-refractivity contribution is -0.121. The third kappa shape index (κ3) is 4.66. The molecule has 2 aromatic carbocycles. The zero-order chi connectivity index (χ0) is 18.4. The molecule has 1 N–H and O–H groups in total. The van der Waals surface area contributed by atoms with E-state index in [1.54, 1.807) is 27.4 Å². The quantitative estimate of drug-likeness (QED) is 0.837. The summed E-state index contributed by atoms with van der Waals surface area (Å²) in [6, 6.07) is 11.2. The lowest BCUT2D eigenvalue weighted by Gasteiger charge is -2.18. The first kappa shape index (κ1) is 18.6. The van der Waals surface area contributed by atoms with Gasteiger partial charge >= 0.3 is 0 Å². The van der Waals surface area contributed by atoms with Crippen molar-refractivity contribution in [2.45, 2.75) is 26.3 Å². The fraction of sp³-hybridized carbons (Fsp3) is 0.350. The van der Waals surface area contributed by atoms with Gasteiger partial charge in [0.25, 0.3) is 0 Å². The van der Waals surface area contributed by atoms with Crippen LogP contribution in [0.25, 0.3) is 0 Å². The molecule has 134 valence electrons. The maximum atomic E-state index is 12.5. The Kier molecular flexibility index (Phi) is 6.28. The minimum Gasteiger partial charge on any atom is -0.497 e. The normalized spacial score (nSPS) is 11.6. The molecule has 0 bridgehead atoms. The van der Waals surface area contributed by atoms with E-state index in [1.807, 2.05) is 44.2 Å². The Balaban J connectivity index is 2.11. The summed E-state index contributed by atoms with van der Waals surface area (Å²) in [4.78, 5) is 12.5. The van der Waals surface area contributed by atoms with E-state index in [1.165, 1.54) is 0 Å². The van der Waals surface area contributed by atoms with E-state index in [2.05, 4.69) is 5.32 Å². The van der Waals surface area contributed by atoms with Crippen molar-refractivity contribution in [2.24, 2.45) is 0 Å². The number of nitrogens with one attached hydrogen (secondary N) is 1. The molecular weight excluding hydrogens is 318 g/mol. The van der Waals surface area contributed by atoms with Crippen LogP contribution in [0, 0.1) is 6.92 Å². The number of benzene rings is 2. The van der Waals surface area contributed by atoms with Gasteiger partial charge in [-0.05, 0) is 26.0 Å². The van der Waals surface area contributed by atoms with Crippen molar-refractivity contribution in [3.05, 3.63) is 53.1 Å². The highest BCUT2D eigenvalue weighted by atomic mass is 16.5. The number of rotatable bonds is 7. The van der Waals surface area contributed by atoms with Crippen LogP contribution in [0.15, 0.2) is 36.4 Å². The minimum atomic E-state index is -0.161. The molecule has 1 atom stereocenters. The summed E-state index contributed by atoms with van der Waals surface area (Å²) in [6.45, 7) is 3.96. The highest BCUT2D eigenvalue weighted by Gasteiger charge is 2.16. The van der Waals surface area contributed by atoms with E-state index in [0.29, 0.717) is 11.5 Å². The summed E-state index contributed by atoms with van der Waals surface area (Å²) < 4.78 is 15.9. The Labute approximate surface area is 148 Å². The number of methoxy groups -OCH3 is 3. The topological polar surface area (TPSA) is 56.8 Å². The predicted octanol–water partition coefficient (Wildman–Crippen LogP) is 3.44. The van der Waals surface area contributed by atoms with Gasteiger partial charge in [0.15, 0.2) is 0 Å². The number of hydrogen-bond donors (Lipinski definition) is 1. The lowest BCUT2D eigenvalue weighted by Crippen LogP contribution is -2.28. The third-order valence-corrected chi connectivity index (χ3v) is 4.07. The number of hydrogen-bond acceptors (Lipinski definition) is 4. The first-order valence-corrected chi connectivity index (χ1v) is 8.13. The van der Waals surface area contributed by atoms with Gasteiger partial charge in [-0.25, -0.2) is 0 Å². The van der Waals surface area contributed by atoms with E-state index in [0.717, 1.165) is 22.4 Å². The smallest absolute Gasteiger partial charge is 0.225 e. The Morgan fingerprint density at radius 2 is 1.72 bits per heavy atom. The number of carbonyl (C=O) groups excluding carboxylic acids is 1. The van der Waals surface area contributed by atoms with Gasteiger partial charge < -0.3 is 19.5 Å². The lowest BCUT2D eigenvalue weighted by atomic mass is 10.0. The van der Waals surface area contributed by atoms with E-state index < -0.39 is 0 Å². The number of aryl methyl sites for hydroxylation is 1. The maximum Gasteiger partial charge on any atom is 0.225 e. The molecule has 0 aliphatic carbocycles. The maximum absolute atomic E-state index is 12.5. The minimum absolute atomic E-state index is 0.0838. The second-order valence-corrected chi connectivity index (χ2v) is 5.89. The van der Waals surface area contributed by atoms with Gasteiger partial charge in [0.2, 0.25) is 5.91 Å². The summed E-state index contributed by atoms with van der Waals surface area (Å²) >= 11 is 0. The fourth-order valence-electron chi connectivity index (χ4n) is 2.73. The number of carbonyl (C=O) groups is 1. The summed E-state index contributed by atoms with van der Waals surface area (Å²) in [6.07, 6.45) is 0.228. The highest BCUT2D eigenvalue weighted by Crippen LogP contribution is 2.27. The van der Waals surface area contributed by atoms with Gasteiger partial charge in [-0.1, -0.05) is 23.8 Å². The number of ether oxygens (including phenoxy) is 3. The van der Waals surface area contributed by atoms with Crippen LogP contribution in [0.4, 0.5) is 0 Å². The van der Waals surface area contributed by atoms with Crippen LogP contribution < -0.4 is 19.5 Å². The van der Waals surface area contributed by atoms with Crippen molar-refractivity contribution < 1.29 is 19.0 Å². The van der Waals surface area contributed by atoms with Gasteiger partial charge in [-0.15, -0.1) is 0 Å². The third-order valence-electron chi connectivity index (χ3n) is 4.07. The molecular formula is C20H25NO4. The molecule has 5 nitrogen and oxygen atoms in total. The van der Waals surface area contributed by atoms with Gasteiger partial charge in [0.05, 0.1) is 33.8 Å². The van der Waals surface area contributed by atoms with Crippen LogP contribution in [-0.4, -0.2) is 27.2 Å². The Morgan fingerprint density at radius 3 is 2.36 bits per heavy atom. The molecule has 0 radical (unpaired) electrons. The van der Waals surface area contributed by atoms with E-state index in [-0.39, 0.29) is 18.4 Å². The molecule has 0 aliphatic rings. The monoisotopic (exact) mass is 343 g/mol. The molecule has 0 saturated heterocycles. The van der Waals surface area contributed by atoms with Crippen LogP contribution in [0.3, 0.4) is 0 Å². The second-order valence-electron chi connectivity index (χ2n) is 5.89. The van der Waals surface area contributed by atoms with Crippen molar-refractivity contribution in [3.63, 3.8) is 0 Å². The van der Waals surface area contributed by atoms with Crippen molar-refractivity contribution in [2.75, 3.05) is 21.3 Å². The van der Waals surface area contributed by atoms with E-state index in [9.17, 15) is 4.79 Å². The van der Waals surface area contributed by atoms with Crippen molar-refractivity contribution in [1.29, 1.82) is 0 Å². The molecule has 0 spiro atoms. The van der Waals surface area contributed by atoms with Crippen LogP contribution in [0.1, 0.15) is 29.7 Å². The highest BCUT2D eigenvalue weighted by molar-refractivity contribution is 5.80. The first-order valence-electron chi connectivity index (χ1n) is 8.13. The summed E-state index contributed by atoms with van der Waals surface area (Å²) in [5, 5.41) is 3.02. The van der Waals surface area contributed by atoms with Crippen molar-refractivity contribution >= 4 is 5.91 Å². The Morgan fingerprint density at radius 1 is 1.00 bits per heavy atom. The molecule has 2 rings (SSSR count). The molecule has 0 unspecified atom stereocenters. The van der Waals surface area contributed by atoms with Crippen LogP contribution in [-0.2, 0) is 11.2 Å². The van der Waals surface area contributed by atoms with Crippen LogP contribution in [0.5, 0.6) is 17.2 Å². The molecule has 0 aliphatic heterocycles. The van der Waals surface area contributed by atoms with E-state index in [4.69, 9.17) is 14.2 Å². The average molecular weight is 343 g/mol. The number of amides is 1. The van der Waals surface area contributed by atoms with E-state index >= 15 is 0 Å². The summed E-state index contributed by atoms with van der Waals surface area (Å²) in [5.41, 5.74) is 2.88. The Bertz CT molecular complexity index is 742. The largest absolute Gasteiger partial charge is 0.497 e. The zero-order valence-corrected chi connectivity index (χ0v) is 15.4. The SMILES string of the molecule is COc1ccc(CC(=O)N[C@H](C)c2cc(C)ccc2OC)c(OC)c1. The van der Waals surface area contributed by atoms with Crippen LogP contribution >= 0.6 is 0 Å². The van der Waals surface area contributed by atoms with Gasteiger partial charge in [0.1, 0.15) is 17.2 Å². The molecule has 0 heterocycles. The molecule has 0 aromatic heterocycles. The molecule has 25 heavy (non-hydrogen) atoms. The molecule has 2 aromatic rings. The zero-order valence-electron chi connectivity index (χ0n) is 15.4. The Hall–Kier alpha value is -2.69. The summed E-state index contributed by atoms with van der Waals surface area (Å²) in [5.74, 6) is 2.01. The molecule has 0 saturated carbocycles. The first-order chi connectivity index (χ1) is 12.0. The second kappa shape index (κ2) is 8.42. The predicted molar refractivity (Wildman–Crippen MR) is 97.5 cm³/mol. The average Bonchev–Trinajstić information content (AvgIpc) is 2.61. The molecule has 0 fully saturated rings. The van der Waals surface area contributed by atoms with Gasteiger partial charge in [-0.3, -0.25) is 4.79 Å². The fourth-order valence-corrected chi connectivity index (χ4v) is 2.73. The molecule has 1 amide bonds. The van der Waals surface area contributed by atoms with Crippen molar-refractivity contribution in [1.82, 2.24) is 5.32 Å². The van der Waals surface area contributed by atoms with Gasteiger partial charge in [0, 0.05) is 17.2 Å². The standard InChI is InChI=1S/C20H25NO4/c1-13-6-9-18(24-4)17(10-13)14(2)21-20(22)11-15-7-8-16(23-3)12-19(15)25-5/h6-10,12,14H,11H2,1-5H3,(H,21,22)/t14-/m1/s1.